The average molecular weight is 548 g/mol. The number of amides is 2. The maximum absolute atomic E-state index is 12.7. The van der Waals surface area contributed by atoms with Crippen molar-refractivity contribution in [3.05, 3.63) is 35.9 Å². The van der Waals surface area contributed by atoms with Gasteiger partial charge in [0.1, 0.15) is 5.75 Å². The molecular formula is C27H37N3O9. The van der Waals surface area contributed by atoms with Crippen molar-refractivity contribution in [2.75, 3.05) is 51.3 Å². The summed E-state index contributed by atoms with van der Waals surface area (Å²) in [6, 6.07) is 6.22. The number of carbonyl (C=O) groups is 4. The molecule has 3 aliphatic rings. The molecule has 3 fully saturated rings. The second-order valence-corrected chi connectivity index (χ2v) is 10.0. The maximum Gasteiger partial charge on any atom is 0.328 e. The number of rotatable bonds is 8. The van der Waals surface area contributed by atoms with Gasteiger partial charge in [-0.05, 0) is 50.4 Å². The first-order valence-electron chi connectivity index (χ1n) is 13.0. The Labute approximate surface area is 227 Å². The van der Waals surface area contributed by atoms with E-state index in [-0.39, 0.29) is 24.7 Å². The Morgan fingerprint density at radius 3 is 1.95 bits per heavy atom. The van der Waals surface area contributed by atoms with E-state index in [9.17, 15) is 29.4 Å². The van der Waals surface area contributed by atoms with E-state index in [1.165, 1.54) is 10.5 Å². The number of hydrogen-bond donors (Lipinski definition) is 4. The highest BCUT2D eigenvalue weighted by Gasteiger charge is 2.51. The van der Waals surface area contributed by atoms with Gasteiger partial charge in [-0.2, -0.15) is 0 Å². The number of carbonyl (C=O) groups excluding carboxylic acids is 2. The van der Waals surface area contributed by atoms with Crippen molar-refractivity contribution in [3.8, 4) is 5.75 Å². The zero-order chi connectivity index (χ0) is 28.7. The summed E-state index contributed by atoms with van der Waals surface area (Å²) in [4.78, 5) is 50.5. The molecule has 4 rings (SSSR count). The summed E-state index contributed by atoms with van der Waals surface area (Å²) in [6.07, 6.45) is 0.372. The largest absolute Gasteiger partial charge is 0.495 e. The number of aliphatic carboxylic acids is 2. The van der Waals surface area contributed by atoms with Gasteiger partial charge in [0.2, 0.25) is 11.8 Å². The van der Waals surface area contributed by atoms with Crippen LogP contribution in [0.15, 0.2) is 30.4 Å². The van der Waals surface area contributed by atoms with Crippen LogP contribution in [0.25, 0.3) is 0 Å². The van der Waals surface area contributed by atoms with Gasteiger partial charge in [0.25, 0.3) is 0 Å². The molecule has 4 unspecified atom stereocenters. The number of carboxylic acids is 2. The Kier molecular flexibility index (Phi) is 10.4. The van der Waals surface area contributed by atoms with Crippen LogP contribution in [0.4, 0.5) is 5.69 Å². The van der Waals surface area contributed by atoms with Crippen molar-refractivity contribution in [1.82, 2.24) is 9.80 Å². The molecule has 214 valence electrons. The molecule has 1 aromatic carbocycles. The van der Waals surface area contributed by atoms with Crippen molar-refractivity contribution in [2.24, 2.45) is 11.8 Å². The number of aryl methyl sites for hydroxylation is 1. The van der Waals surface area contributed by atoms with E-state index in [1.807, 2.05) is 6.07 Å². The molecule has 4 atom stereocenters. The molecule has 1 aliphatic carbocycles. The van der Waals surface area contributed by atoms with Gasteiger partial charge in [0.05, 0.1) is 36.8 Å². The van der Waals surface area contributed by atoms with Gasteiger partial charge in [-0.25, -0.2) is 9.59 Å². The predicted molar refractivity (Wildman–Crippen MR) is 140 cm³/mol. The molecule has 0 bridgehead atoms. The molecule has 1 saturated carbocycles. The molecule has 0 spiro atoms. The van der Waals surface area contributed by atoms with Crippen LogP contribution in [-0.2, 0) is 19.2 Å². The highest BCUT2D eigenvalue weighted by molar-refractivity contribution is 6.05. The molecule has 1 aromatic rings. The van der Waals surface area contributed by atoms with Crippen LogP contribution in [0.3, 0.4) is 0 Å². The quantitative estimate of drug-likeness (QED) is 0.262. The molecule has 0 aromatic heterocycles. The zero-order valence-corrected chi connectivity index (χ0v) is 22.2. The summed E-state index contributed by atoms with van der Waals surface area (Å²) in [7, 11) is 1.70. The molecule has 12 heteroatoms. The Morgan fingerprint density at radius 2 is 1.46 bits per heavy atom. The van der Waals surface area contributed by atoms with Crippen LogP contribution >= 0.6 is 0 Å². The SMILES string of the molecule is COc1ccc(C)cc1N1CCN(CCCN2C(=O)C3CC(O)C(O)CC3C2=O)CC1.O=C(O)C=CC(=O)O. The maximum atomic E-state index is 12.7. The number of aliphatic hydroxyl groups is 2. The summed E-state index contributed by atoms with van der Waals surface area (Å²) < 4.78 is 5.52. The summed E-state index contributed by atoms with van der Waals surface area (Å²) in [6.45, 7) is 6.96. The van der Waals surface area contributed by atoms with Gasteiger partial charge in [-0.3, -0.25) is 19.4 Å². The lowest BCUT2D eigenvalue weighted by molar-refractivity contribution is -0.140. The number of fused-ring (bicyclic) bond motifs is 1. The van der Waals surface area contributed by atoms with E-state index < -0.39 is 36.0 Å². The fourth-order valence-corrected chi connectivity index (χ4v) is 5.29. The number of anilines is 1. The van der Waals surface area contributed by atoms with Gasteiger partial charge in [0, 0.05) is 44.9 Å². The number of aliphatic hydroxyl groups excluding tert-OH is 2. The third kappa shape index (κ3) is 7.78. The second-order valence-electron chi connectivity index (χ2n) is 10.0. The lowest BCUT2D eigenvalue weighted by atomic mass is 9.78. The van der Waals surface area contributed by atoms with Crippen molar-refractivity contribution in [3.63, 3.8) is 0 Å². The first-order chi connectivity index (χ1) is 18.5. The Balaban J connectivity index is 0.000000459. The molecule has 0 radical (unpaired) electrons. The molecule has 4 N–H and O–H groups in total. The van der Waals surface area contributed by atoms with E-state index in [0.717, 1.165) is 50.6 Å². The smallest absolute Gasteiger partial charge is 0.328 e. The fraction of sp³-hybridized carbons (Fsp3) is 0.556. The summed E-state index contributed by atoms with van der Waals surface area (Å²) in [5.74, 6) is -2.94. The van der Waals surface area contributed by atoms with E-state index in [0.29, 0.717) is 18.7 Å². The number of nitrogens with zero attached hydrogens (tertiary/aromatic N) is 3. The predicted octanol–water partition coefficient (Wildman–Crippen LogP) is 0.344. The molecular weight excluding hydrogens is 510 g/mol. The Morgan fingerprint density at radius 1 is 0.923 bits per heavy atom. The molecule has 2 saturated heterocycles. The van der Waals surface area contributed by atoms with E-state index in [1.54, 1.807) is 7.11 Å². The normalized spacial score (nSPS) is 25.3. The van der Waals surface area contributed by atoms with Crippen molar-refractivity contribution in [2.45, 2.75) is 38.4 Å². The van der Waals surface area contributed by atoms with E-state index in [2.05, 4.69) is 28.9 Å². The number of imide groups is 1. The highest BCUT2D eigenvalue weighted by atomic mass is 16.5. The van der Waals surface area contributed by atoms with Crippen LogP contribution in [0.5, 0.6) is 5.75 Å². The lowest BCUT2D eigenvalue weighted by Crippen LogP contribution is -2.47. The van der Waals surface area contributed by atoms with Crippen LogP contribution < -0.4 is 9.64 Å². The van der Waals surface area contributed by atoms with Crippen LogP contribution in [0, 0.1) is 18.8 Å². The summed E-state index contributed by atoms with van der Waals surface area (Å²) in [5, 5.41) is 35.3. The third-order valence-electron chi connectivity index (χ3n) is 7.36. The van der Waals surface area contributed by atoms with Crippen LogP contribution in [-0.4, -0.2) is 113 Å². The molecule has 2 amide bonds. The number of ether oxygens (including phenoxy) is 1. The number of methoxy groups -OCH3 is 1. The average Bonchev–Trinajstić information content (AvgIpc) is 3.12. The molecule has 2 aliphatic heterocycles. The Bertz CT molecular complexity index is 1040. The van der Waals surface area contributed by atoms with Gasteiger partial charge >= 0.3 is 11.9 Å². The fourth-order valence-electron chi connectivity index (χ4n) is 5.29. The summed E-state index contributed by atoms with van der Waals surface area (Å²) in [5.41, 5.74) is 2.33. The van der Waals surface area contributed by atoms with Gasteiger partial charge in [-0.1, -0.05) is 6.07 Å². The van der Waals surface area contributed by atoms with Gasteiger partial charge < -0.3 is 30.1 Å². The third-order valence-corrected chi connectivity index (χ3v) is 7.36. The van der Waals surface area contributed by atoms with E-state index in [4.69, 9.17) is 14.9 Å². The molecule has 12 nitrogen and oxygen atoms in total. The van der Waals surface area contributed by atoms with Gasteiger partial charge in [0.15, 0.2) is 0 Å². The number of carboxylic acid groups (broad SMARTS) is 2. The number of benzene rings is 1. The first kappa shape index (κ1) is 30.1. The lowest BCUT2D eigenvalue weighted by Gasteiger charge is -2.37. The molecule has 39 heavy (non-hydrogen) atoms. The number of likely N-dealkylation sites (tertiary alicyclic amines) is 1. The minimum atomic E-state index is -1.26. The number of hydrogen-bond acceptors (Lipinski definition) is 9. The van der Waals surface area contributed by atoms with E-state index >= 15 is 0 Å². The van der Waals surface area contributed by atoms with Crippen molar-refractivity contribution in [1.29, 1.82) is 0 Å². The highest BCUT2D eigenvalue weighted by Crippen LogP contribution is 2.38. The van der Waals surface area contributed by atoms with Crippen LogP contribution in [0.2, 0.25) is 0 Å². The van der Waals surface area contributed by atoms with Crippen molar-refractivity contribution < 1.29 is 44.3 Å². The van der Waals surface area contributed by atoms with Crippen LogP contribution in [0.1, 0.15) is 24.8 Å². The second kappa shape index (κ2) is 13.5. The minimum absolute atomic E-state index is 0.178. The Hall–Kier alpha value is -3.48. The topological polar surface area (TPSA) is 168 Å². The standard InChI is InChI=1S/C23H33N3O5.C4H4O4/c1-15-4-5-21(31-2)18(12-15)25-10-8-24(9-11-25)6-3-7-26-22(29)16-13-19(27)20(28)14-17(16)23(26)30;5-3(6)1-2-4(7)8/h4-5,12,16-17,19-20,27-28H,3,6-11,13-14H2,1-2H3;1-2H,(H,5,6)(H,7,8). The summed E-state index contributed by atoms with van der Waals surface area (Å²) >= 11 is 0. The van der Waals surface area contributed by atoms with Crippen molar-refractivity contribution >= 4 is 29.4 Å². The minimum Gasteiger partial charge on any atom is -0.495 e. The first-order valence-corrected chi connectivity index (χ1v) is 13.0. The molecule has 2 heterocycles. The number of piperazine rings is 1. The zero-order valence-electron chi connectivity index (χ0n) is 22.2. The van der Waals surface area contributed by atoms with Gasteiger partial charge in [-0.15, -0.1) is 0 Å². The monoisotopic (exact) mass is 547 g/mol.